The molecule has 0 radical (unpaired) electrons. The number of hydrogen-bond acceptors (Lipinski definition) is 4. The summed E-state index contributed by atoms with van der Waals surface area (Å²) in [6.45, 7) is 0.647. The van der Waals surface area contributed by atoms with Crippen LogP contribution in [-0.2, 0) is 11.8 Å². The number of imidazole rings is 1. The quantitative estimate of drug-likeness (QED) is 0.820. The fourth-order valence-electron chi connectivity index (χ4n) is 2.29. The molecule has 6 heteroatoms. The van der Waals surface area contributed by atoms with Gasteiger partial charge in [-0.3, -0.25) is 4.79 Å². The third-order valence-corrected chi connectivity index (χ3v) is 4.52. The van der Waals surface area contributed by atoms with Crippen LogP contribution < -0.4 is 10.6 Å². The van der Waals surface area contributed by atoms with Gasteiger partial charge in [0.15, 0.2) is 0 Å². The van der Waals surface area contributed by atoms with Crippen molar-refractivity contribution < 1.29 is 4.79 Å². The molecule has 1 fully saturated rings. The van der Waals surface area contributed by atoms with Crippen LogP contribution in [0, 0.1) is 0 Å². The normalized spacial score (nSPS) is 15.9. The van der Waals surface area contributed by atoms with Gasteiger partial charge in [-0.05, 0) is 24.3 Å². The van der Waals surface area contributed by atoms with Crippen molar-refractivity contribution in [3.8, 4) is 0 Å². The summed E-state index contributed by atoms with van der Waals surface area (Å²) >= 11 is 1.70. The second-order valence-corrected chi connectivity index (χ2v) is 6.37. The van der Waals surface area contributed by atoms with Gasteiger partial charge in [0.2, 0.25) is 5.91 Å². The zero-order valence-electron chi connectivity index (χ0n) is 12.1. The van der Waals surface area contributed by atoms with E-state index < -0.39 is 0 Å². The molecular formula is C15H20N4OS. The third-order valence-electron chi connectivity index (χ3n) is 3.59. The van der Waals surface area contributed by atoms with Crippen LogP contribution in [0.3, 0.4) is 0 Å². The molecule has 0 aromatic carbocycles. The van der Waals surface area contributed by atoms with Gasteiger partial charge in [0, 0.05) is 43.3 Å². The first-order valence-electron chi connectivity index (χ1n) is 7.27. The lowest BCUT2D eigenvalue weighted by molar-refractivity contribution is -0.121. The summed E-state index contributed by atoms with van der Waals surface area (Å²) in [6.07, 6.45) is 6.51. The van der Waals surface area contributed by atoms with E-state index in [-0.39, 0.29) is 11.9 Å². The molecule has 0 saturated heterocycles. The monoisotopic (exact) mass is 304 g/mol. The molecule has 112 valence electrons. The number of carbonyl (C=O) groups is 1. The number of hydrogen-bond donors (Lipinski definition) is 2. The fraction of sp³-hybridized carbons (Fsp3) is 0.467. The maximum absolute atomic E-state index is 11.7. The maximum Gasteiger partial charge on any atom is 0.221 e. The van der Waals surface area contributed by atoms with Crippen molar-refractivity contribution in [1.29, 1.82) is 0 Å². The summed E-state index contributed by atoms with van der Waals surface area (Å²) in [7, 11) is 1.99. The van der Waals surface area contributed by atoms with Gasteiger partial charge in [-0.2, -0.15) is 0 Å². The largest absolute Gasteiger partial charge is 0.353 e. The van der Waals surface area contributed by atoms with E-state index in [4.69, 9.17) is 0 Å². The molecule has 1 atom stereocenters. The van der Waals surface area contributed by atoms with Gasteiger partial charge in [-0.1, -0.05) is 6.07 Å². The summed E-state index contributed by atoms with van der Waals surface area (Å²) in [5.74, 6) is 1.11. The topological polar surface area (TPSA) is 59.0 Å². The van der Waals surface area contributed by atoms with Crippen LogP contribution >= 0.6 is 11.3 Å². The van der Waals surface area contributed by atoms with Crippen LogP contribution in [0.15, 0.2) is 29.9 Å². The van der Waals surface area contributed by atoms with Gasteiger partial charge in [-0.15, -0.1) is 11.3 Å². The Balaban J connectivity index is 1.60. The Morgan fingerprint density at radius 2 is 2.43 bits per heavy atom. The fourth-order valence-corrected chi connectivity index (χ4v) is 3.08. The smallest absolute Gasteiger partial charge is 0.221 e. The van der Waals surface area contributed by atoms with E-state index in [0.29, 0.717) is 19.0 Å². The standard InChI is InChI=1S/C15H20N4OS/c1-19-9-8-17-15(19)14(12-3-2-10-21-12)16-7-6-13(20)18-11-4-5-11/h2-3,8-11,14,16H,4-7H2,1H3,(H,18,20). The molecule has 0 bridgehead atoms. The molecular weight excluding hydrogens is 284 g/mol. The minimum atomic E-state index is 0.0405. The molecule has 1 aliphatic carbocycles. The Labute approximate surface area is 128 Å². The van der Waals surface area contributed by atoms with Gasteiger partial charge in [0.05, 0.1) is 0 Å². The molecule has 1 amide bonds. The number of nitrogens with one attached hydrogen (secondary N) is 2. The summed E-state index contributed by atoms with van der Waals surface area (Å²) in [6, 6.07) is 4.61. The first-order valence-corrected chi connectivity index (χ1v) is 8.15. The molecule has 1 saturated carbocycles. The third kappa shape index (κ3) is 3.71. The van der Waals surface area contributed by atoms with Crippen molar-refractivity contribution in [3.63, 3.8) is 0 Å². The average Bonchev–Trinajstić information content (AvgIpc) is 2.95. The first-order chi connectivity index (χ1) is 10.2. The van der Waals surface area contributed by atoms with E-state index >= 15 is 0 Å². The summed E-state index contributed by atoms with van der Waals surface area (Å²) in [5, 5.41) is 8.53. The highest BCUT2D eigenvalue weighted by Crippen LogP contribution is 2.24. The van der Waals surface area contributed by atoms with Crippen LogP contribution in [-0.4, -0.2) is 28.0 Å². The summed E-state index contributed by atoms with van der Waals surface area (Å²) in [4.78, 5) is 17.4. The first kappa shape index (κ1) is 14.3. The predicted octanol–water partition coefficient (Wildman–Crippen LogP) is 1.83. The number of thiophene rings is 1. The van der Waals surface area contributed by atoms with Crippen LogP contribution in [0.4, 0.5) is 0 Å². The van der Waals surface area contributed by atoms with E-state index in [0.717, 1.165) is 18.7 Å². The van der Waals surface area contributed by atoms with Gasteiger partial charge in [0.1, 0.15) is 11.9 Å². The average molecular weight is 304 g/mol. The van der Waals surface area contributed by atoms with E-state index in [2.05, 4.69) is 27.1 Å². The lowest BCUT2D eigenvalue weighted by Crippen LogP contribution is -2.31. The molecule has 2 heterocycles. The van der Waals surface area contributed by atoms with E-state index in [1.165, 1.54) is 4.88 Å². The van der Waals surface area contributed by atoms with Crippen molar-refractivity contribution in [1.82, 2.24) is 20.2 Å². The molecule has 1 unspecified atom stereocenters. The summed E-state index contributed by atoms with van der Waals surface area (Å²) < 4.78 is 2.02. The minimum absolute atomic E-state index is 0.0405. The molecule has 5 nitrogen and oxygen atoms in total. The molecule has 0 spiro atoms. The molecule has 0 aliphatic heterocycles. The van der Waals surface area contributed by atoms with E-state index in [9.17, 15) is 4.79 Å². The molecule has 2 aromatic heterocycles. The Morgan fingerprint density at radius 1 is 1.57 bits per heavy atom. The highest BCUT2D eigenvalue weighted by atomic mass is 32.1. The number of carbonyl (C=O) groups excluding carboxylic acids is 1. The van der Waals surface area contributed by atoms with Gasteiger partial charge < -0.3 is 15.2 Å². The highest BCUT2D eigenvalue weighted by molar-refractivity contribution is 7.10. The number of rotatable bonds is 7. The lowest BCUT2D eigenvalue weighted by atomic mass is 10.2. The molecule has 1 aliphatic rings. The van der Waals surface area contributed by atoms with E-state index in [1.54, 1.807) is 17.5 Å². The Morgan fingerprint density at radius 3 is 3.05 bits per heavy atom. The van der Waals surface area contributed by atoms with Gasteiger partial charge >= 0.3 is 0 Å². The lowest BCUT2D eigenvalue weighted by Gasteiger charge is -2.17. The zero-order chi connectivity index (χ0) is 14.7. The SMILES string of the molecule is Cn1ccnc1C(NCCC(=O)NC1CC1)c1cccs1. The van der Waals surface area contributed by atoms with Gasteiger partial charge in [0.25, 0.3) is 0 Å². The molecule has 2 N–H and O–H groups in total. The number of aryl methyl sites for hydroxylation is 1. The Bertz CT molecular complexity index is 589. The second kappa shape index (κ2) is 6.41. The molecule has 21 heavy (non-hydrogen) atoms. The van der Waals surface area contributed by atoms with Crippen molar-refractivity contribution in [2.45, 2.75) is 31.3 Å². The van der Waals surface area contributed by atoms with Crippen LogP contribution in [0.25, 0.3) is 0 Å². The minimum Gasteiger partial charge on any atom is -0.353 e. The van der Waals surface area contributed by atoms with Crippen molar-refractivity contribution in [2.24, 2.45) is 7.05 Å². The molecule has 3 rings (SSSR count). The predicted molar refractivity (Wildman–Crippen MR) is 83.2 cm³/mol. The van der Waals surface area contributed by atoms with Crippen LogP contribution in [0.1, 0.15) is 36.0 Å². The van der Waals surface area contributed by atoms with Crippen molar-refractivity contribution in [3.05, 3.63) is 40.6 Å². The zero-order valence-corrected chi connectivity index (χ0v) is 12.9. The van der Waals surface area contributed by atoms with Gasteiger partial charge in [-0.25, -0.2) is 4.98 Å². The van der Waals surface area contributed by atoms with E-state index in [1.807, 2.05) is 23.9 Å². The highest BCUT2D eigenvalue weighted by Gasteiger charge is 2.23. The Kier molecular flexibility index (Phi) is 4.36. The van der Waals surface area contributed by atoms with Crippen molar-refractivity contribution in [2.75, 3.05) is 6.54 Å². The number of amides is 1. The van der Waals surface area contributed by atoms with Crippen LogP contribution in [0.5, 0.6) is 0 Å². The second-order valence-electron chi connectivity index (χ2n) is 5.39. The van der Waals surface area contributed by atoms with Crippen molar-refractivity contribution >= 4 is 17.2 Å². The number of aromatic nitrogens is 2. The molecule has 2 aromatic rings. The number of nitrogens with zero attached hydrogens (tertiary/aromatic N) is 2. The Hall–Kier alpha value is -1.66. The summed E-state index contributed by atoms with van der Waals surface area (Å²) in [5.41, 5.74) is 0. The van der Waals surface area contributed by atoms with Crippen LogP contribution in [0.2, 0.25) is 0 Å². The maximum atomic E-state index is 11.7.